The Morgan fingerprint density at radius 3 is 1.10 bits per heavy atom. The number of aliphatic hydroxyl groups is 1. The third-order valence-electron chi connectivity index (χ3n) is 7.90. The van der Waals surface area contributed by atoms with Crippen LogP contribution in [-0.4, -0.2) is 36.4 Å². The zero-order valence-corrected chi connectivity index (χ0v) is 26.9. The fourth-order valence-electron chi connectivity index (χ4n) is 5.20. The van der Waals surface area contributed by atoms with Crippen LogP contribution in [-0.2, 0) is 19.1 Å². The van der Waals surface area contributed by atoms with Crippen molar-refractivity contribution >= 4 is 11.9 Å². The molecule has 1 N–H and O–H groups in total. The molecule has 40 heavy (non-hydrogen) atoms. The number of hydrogen-bond donors (Lipinski definition) is 1. The molecule has 0 radical (unpaired) electrons. The van der Waals surface area contributed by atoms with E-state index in [1.54, 1.807) is 0 Å². The van der Waals surface area contributed by atoms with Crippen LogP contribution >= 0.6 is 0 Å². The van der Waals surface area contributed by atoms with Gasteiger partial charge in [0.25, 0.3) is 0 Å². The lowest BCUT2D eigenvalue weighted by molar-refractivity contribution is -0.161. The van der Waals surface area contributed by atoms with Crippen LogP contribution in [0.15, 0.2) is 0 Å². The molecule has 238 valence electrons. The number of carbonyl (C=O) groups is 2. The Bertz CT molecular complexity index is 536. The second-order valence-corrected chi connectivity index (χ2v) is 12.0. The number of unbranched alkanes of at least 4 members (excludes halogenated alkanes) is 24. The quantitative estimate of drug-likeness (QED) is 0.0645. The summed E-state index contributed by atoms with van der Waals surface area (Å²) < 4.78 is 10.6. The van der Waals surface area contributed by atoms with E-state index < -0.39 is 6.10 Å². The molecule has 0 amide bonds. The van der Waals surface area contributed by atoms with Gasteiger partial charge in [-0.3, -0.25) is 9.59 Å². The molecule has 0 bridgehead atoms. The van der Waals surface area contributed by atoms with Gasteiger partial charge in [-0.05, 0) is 12.8 Å². The van der Waals surface area contributed by atoms with Gasteiger partial charge in [-0.2, -0.15) is 0 Å². The summed E-state index contributed by atoms with van der Waals surface area (Å²) >= 11 is 0. The Hall–Kier alpha value is -1.10. The van der Waals surface area contributed by atoms with Crippen LogP contribution in [0.5, 0.6) is 0 Å². The Morgan fingerprint density at radius 2 is 0.775 bits per heavy atom. The van der Waals surface area contributed by atoms with E-state index in [1.807, 2.05) is 0 Å². The lowest BCUT2D eigenvalue weighted by Crippen LogP contribution is -2.28. The van der Waals surface area contributed by atoms with Crippen LogP contribution < -0.4 is 0 Å². The summed E-state index contributed by atoms with van der Waals surface area (Å²) in [5.41, 5.74) is 0. The molecule has 5 nitrogen and oxygen atoms in total. The van der Waals surface area contributed by atoms with E-state index in [9.17, 15) is 14.7 Å². The van der Waals surface area contributed by atoms with Crippen LogP contribution in [0.3, 0.4) is 0 Å². The van der Waals surface area contributed by atoms with Crippen LogP contribution in [0.4, 0.5) is 0 Å². The summed E-state index contributed by atoms with van der Waals surface area (Å²) in [7, 11) is 0. The molecule has 0 aliphatic carbocycles. The second-order valence-electron chi connectivity index (χ2n) is 12.0. The van der Waals surface area contributed by atoms with Crippen molar-refractivity contribution in [3.05, 3.63) is 0 Å². The first kappa shape index (κ1) is 38.9. The normalized spacial score (nSPS) is 12.0. The average molecular weight is 569 g/mol. The monoisotopic (exact) mass is 569 g/mol. The molecule has 5 heteroatoms. The Kier molecular flexibility index (Phi) is 31.5. The molecular weight excluding hydrogens is 500 g/mol. The Labute approximate surface area is 248 Å². The van der Waals surface area contributed by atoms with Gasteiger partial charge in [0.1, 0.15) is 6.61 Å². The first-order chi connectivity index (χ1) is 19.6. The molecule has 0 aliphatic rings. The first-order valence-electron chi connectivity index (χ1n) is 17.6. The number of carbonyl (C=O) groups excluding carboxylic acids is 2. The van der Waals surface area contributed by atoms with Crippen LogP contribution in [0.25, 0.3) is 0 Å². The summed E-state index contributed by atoms with van der Waals surface area (Å²) in [5, 5.41) is 9.50. The van der Waals surface area contributed by atoms with Crippen molar-refractivity contribution in [1.82, 2.24) is 0 Å². The van der Waals surface area contributed by atoms with E-state index in [-0.39, 0.29) is 25.2 Å². The van der Waals surface area contributed by atoms with Gasteiger partial charge in [0.15, 0.2) is 6.10 Å². The summed E-state index contributed by atoms with van der Waals surface area (Å²) in [5.74, 6) is -0.581. The molecule has 1 atom stereocenters. The predicted molar refractivity (Wildman–Crippen MR) is 169 cm³/mol. The molecule has 0 fully saturated rings. The van der Waals surface area contributed by atoms with Crippen molar-refractivity contribution < 1.29 is 24.2 Å². The molecule has 0 unspecified atom stereocenters. The smallest absolute Gasteiger partial charge is 0.306 e. The maximum absolute atomic E-state index is 12.1. The highest BCUT2D eigenvalue weighted by molar-refractivity contribution is 5.70. The van der Waals surface area contributed by atoms with Gasteiger partial charge in [0.2, 0.25) is 0 Å². The second kappa shape index (κ2) is 32.4. The van der Waals surface area contributed by atoms with Crippen molar-refractivity contribution in [1.29, 1.82) is 0 Å². The lowest BCUT2D eigenvalue weighted by Gasteiger charge is -2.15. The molecule has 0 aromatic heterocycles. The third-order valence-corrected chi connectivity index (χ3v) is 7.90. The van der Waals surface area contributed by atoms with E-state index in [0.29, 0.717) is 12.8 Å². The maximum atomic E-state index is 12.1. The van der Waals surface area contributed by atoms with E-state index >= 15 is 0 Å². The number of hydrogen-bond acceptors (Lipinski definition) is 5. The number of ether oxygens (including phenoxy) is 2. The van der Waals surface area contributed by atoms with Crippen molar-refractivity contribution in [3.63, 3.8) is 0 Å². The van der Waals surface area contributed by atoms with Crippen LogP contribution in [0.1, 0.15) is 194 Å². The van der Waals surface area contributed by atoms with Gasteiger partial charge in [0, 0.05) is 12.8 Å². The topological polar surface area (TPSA) is 72.8 Å². The SMILES string of the molecule is CCCCCCCCCCCCCCCCCC(=O)OC[C@H](CO)OC(=O)CCCCCCCCCCCCC. The molecule has 0 rings (SSSR count). The van der Waals surface area contributed by atoms with E-state index in [0.717, 1.165) is 32.1 Å². The van der Waals surface area contributed by atoms with Crippen molar-refractivity contribution in [3.8, 4) is 0 Å². The van der Waals surface area contributed by atoms with Gasteiger partial charge >= 0.3 is 11.9 Å². The molecule has 0 aromatic rings. The van der Waals surface area contributed by atoms with Gasteiger partial charge in [-0.1, -0.05) is 168 Å². The molecule has 0 saturated heterocycles. The molecule has 0 aromatic carbocycles. The van der Waals surface area contributed by atoms with Gasteiger partial charge in [-0.15, -0.1) is 0 Å². The van der Waals surface area contributed by atoms with Crippen molar-refractivity contribution in [2.75, 3.05) is 13.2 Å². The summed E-state index contributed by atoms with van der Waals surface area (Å²) in [6, 6.07) is 0. The van der Waals surface area contributed by atoms with Gasteiger partial charge < -0.3 is 14.6 Å². The highest BCUT2D eigenvalue weighted by Crippen LogP contribution is 2.15. The third kappa shape index (κ3) is 29.9. The maximum Gasteiger partial charge on any atom is 0.306 e. The van der Waals surface area contributed by atoms with E-state index in [4.69, 9.17) is 9.47 Å². The minimum absolute atomic E-state index is 0.0575. The van der Waals surface area contributed by atoms with Crippen molar-refractivity contribution in [2.24, 2.45) is 0 Å². The minimum atomic E-state index is -0.759. The fourth-order valence-corrected chi connectivity index (χ4v) is 5.20. The first-order valence-corrected chi connectivity index (χ1v) is 17.6. The highest BCUT2D eigenvalue weighted by atomic mass is 16.6. The van der Waals surface area contributed by atoms with E-state index in [1.165, 1.54) is 135 Å². The Morgan fingerprint density at radius 1 is 0.475 bits per heavy atom. The number of rotatable bonds is 32. The predicted octanol–water partition coefficient (Wildman–Crippen LogP) is 10.4. The largest absolute Gasteiger partial charge is 0.462 e. The van der Waals surface area contributed by atoms with E-state index in [2.05, 4.69) is 13.8 Å². The molecular formula is C35H68O5. The molecule has 0 saturated carbocycles. The summed E-state index contributed by atoms with van der Waals surface area (Å²) in [6.45, 7) is 4.14. The van der Waals surface area contributed by atoms with Gasteiger partial charge in [0.05, 0.1) is 6.61 Å². The van der Waals surface area contributed by atoms with Crippen LogP contribution in [0, 0.1) is 0 Å². The highest BCUT2D eigenvalue weighted by Gasteiger charge is 2.16. The average Bonchev–Trinajstić information content (AvgIpc) is 2.96. The number of esters is 2. The van der Waals surface area contributed by atoms with Crippen molar-refractivity contribution in [2.45, 2.75) is 200 Å². The summed E-state index contributed by atoms with van der Waals surface area (Å²) in [4.78, 5) is 24.1. The lowest BCUT2D eigenvalue weighted by atomic mass is 10.0. The Balaban J connectivity index is 3.51. The summed E-state index contributed by atoms with van der Waals surface area (Å²) in [6.07, 6.45) is 33.0. The molecule has 0 aliphatic heterocycles. The van der Waals surface area contributed by atoms with Gasteiger partial charge in [-0.25, -0.2) is 0 Å². The minimum Gasteiger partial charge on any atom is -0.462 e. The molecule has 0 heterocycles. The zero-order valence-electron chi connectivity index (χ0n) is 26.9. The van der Waals surface area contributed by atoms with Crippen LogP contribution in [0.2, 0.25) is 0 Å². The standard InChI is InChI=1S/C35H68O5/c1-3-5-7-9-11-13-15-16-17-18-20-21-23-25-27-29-34(37)39-32-33(31-36)40-35(38)30-28-26-24-22-19-14-12-10-8-6-4-2/h33,36H,3-32H2,1-2H3/t33-/m0/s1. The zero-order chi connectivity index (χ0) is 29.4. The number of aliphatic hydroxyl groups excluding tert-OH is 1. The molecule has 0 spiro atoms. The fraction of sp³-hybridized carbons (Fsp3) is 0.943.